The second kappa shape index (κ2) is 6.41. The molecule has 1 aliphatic rings. The maximum absolute atomic E-state index is 14.2. The molecule has 3 rings (SSSR count). The largest absolute Gasteiger partial charge is 0.492 e. The first-order chi connectivity index (χ1) is 12.3. The number of benzene rings is 1. The van der Waals surface area contributed by atoms with Gasteiger partial charge in [-0.05, 0) is 28.1 Å². The van der Waals surface area contributed by atoms with Crippen LogP contribution in [-0.2, 0) is 10.2 Å². The molecule has 2 aromatic rings. The van der Waals surface area contributed by atoms with Crippen molar-refractivity contribution in [1.82, 2.24) is 0 Å². The zero-order valence-corrected chi connectivity index (χ0v) is 16.4. The van der Waals surface area contributed by atoms with Crippen molar-refractivity contribution in [2.75, 3.05) is 6.61 Å². The molecule has 0 radical (unpaired) electrons. The first-order valence-corrected chi connectivity index (χ1v) is 10.5. The lowest BCUT2D eigenvalue weighted by atomic mass is 10.1. The van der Waals surface area contributed by atoms with E-state index in [2.05, 4.69) is 15.9 Å². The van der Waals surface area contributed by atoms with E-state index in [1.807, 2.05) is 0 Å². The lowest BCUT2D eigenvalue weighted by Gasteiger charge is -2.16. The SMILES string of the molecule is NC(=O)c1cc(OCC2CC2(F)F)c2sc(C(F)(F)P(=O)(O)O)c(Br)c2c1. The fraction of sp³-hybridized carbons (Fsp3) is 0.357. The molecule has 0 saturated heterocycles. The number of rotatable bonds is 6. The zero-order chi connectivity index (χ0) is 20.4. The van der Waals surface area contributed by atoms with Crippen LogP contribution in [0.15, 0.2) is 16.6 Å². The van der Waals surface area contributed by atoms with Gasteiger partial charge in [-0.25, -0.2) is 8.78 Å². The molecule has 13 heteroatoms. The van der Waals surface area contributed by atoms with Gasteiger partial charge >= 0.3 is 13.3 Å². The van der Waals surface area contributed by atoms with Crippen LogP contribution < -0.4 is 10.5 Å². The molecule has 1 aliphatic carbocycles. The number of thiophene rings is 1. The van der Waals surface area contributed by atoms with E-state index in [4.69, 9.17) is 20.3 Å². The summed E-state index contributed by atoms with van der Waals surface area (Å²) in [6.07, 6.45) is -0.374. The number of carbonyl (C=O) groups excluding carboxylic acids is 1. The number of hydrogen-bond donors (Lipinski definition) is 3. The number of amides is 1. The molecule has 1 aromatic heterocycles. The van der Waals surface area contributed by atoms with E-state index in [-0.39, 0.29) is 32.3 Å². The Morgan fingerprint density at radius 3 is 2.52 bits per heavy atom. The highest BCUT2D eigenvalue weighted by atomic mass is 79.9. The van der Waals surface area contributed by atoms with Crippen molar-refractivity contribution in [2.24, 2.45) is 11.7 Å². The summed E-state index contributed by atoms with van der Waals surface area (Å²) < 4.78 is 70.5. The van der Waals surface area contributed by atoms with Gasteiger partial charge in [0.2, 0.25) is 5.91 Å². The monoisotopic (exact) mass is 491 g/mol. The average molecular weight is 492 g/mol. The number of alkyl halides is 4. The molecule has 0 aliphatic heterocycles. The van der Waals surface area contributed by atoms with E-state index < -0.39 is 42.5 Å². The van der Waals surface area contributed by atoms with Crippen LogP contribution in [0.5, 0.6) is 5.75 Å². The number of halogens is 5. The minimum Gasteiger partial charge on any atom is -0.492 e. The maximum Gasteiger partial charge on any atom is 0.400 e. The predicted molar refractivity (Wildman–Crippen MR) is 92.5 cm³/mol. The summed E-state index contributed by atoms with van der Waals surface area (Å²) in [5.41, 5.74) is 0.566. The van der Waals surface area contributed by atoms with Crippen LogP contribution in [0, 0.1) is 5.92 Å². The Hall–Kier alpha value is -1.20. The first kappa shape index (κ1) is 20.5. The van der Waals surface area contributed by atoms with Crippen LogP contribution in [-0.4, -0.2) is 28.2 Å². The van der Waals surface area contributed by atoms with Crippen molar-refractivity contribution in [3.8, 4) is 5.75 Å². The van der Waals surface area contributed by atoms with Crippen molar-refractivity contribution in [2.45, 2.75) is 18.0 Å². The van der Waals surface area contributed by atoms with Gasteiger partial charge in [0.15, 0.2) is 0 Å². The number of fused-ring (bicyclic) bond motifs is 1. The summed E-state index contributed by atoms with van der Waals surface area (Å²) >= 11 is 3.19. The molecule has 1 unspecified atom stereocenters. The quantitative estimate of drug-likeness (QED) is 0.417. The second-order valence-corrected chi connectivity index (χ2v) is 9.48. The normalized spacial score (nSPS) is 19.3. The van der Waals surface area contributed by atoms with Gasteiger partial charge in [0.05, 0.1) is 17.2 Å². The van der Waals surface area contributed by atoms with Crippen molar-refractivity contribution >= 4 is 50.9 Å². The van der Waals surface area contributed by atoms with Gasteiger partial charge in [-0.2, -0.15) is 8.78 Å². The van der Waals surface area contributed by atoms with E-state index in [0.717, 1.165) is 12.1 Å². The summed E-state index contributed by atoms with van der Waals surface area (Å²) in [5, 5.41) is -0.00279. The van der Waals surface area contributed by atoms with Gasteiger partial charge in [0.1, 0.15) is 10.6 Å². The van der Waals surface area contributed by atoms with Gasteiger partial charge in [-0.1, -0.05) is 0 Å². The molecule has 0 spiro atoms. The molecule has 148 valence electrons. The standard InChI is InChI=1S/C14H11BrF4NO5PS/c15-9-7-1-5(12(20)21)2-8(25-4-6-3-13(6,16)17)10(7)27-11(9)14(18,19)26(22,23)24/h1-2,6H,3-4H2,(H2,20,21)(H2,22,23,24). The third kappa shape index (κ3) is 3.61. The fourth-order valence-electron chi connectivity index (χ4n) is 2.36. The minimum atomic E-state index is -5.84. The van der Waals surface area contributed by atoms with Crippen LogP contribution in [0.2, 0.25) is 0 Å². The van der Waals surface area contributed by atoms with E-state index in [0.29, 0.717) is 11.3 Å². The highest BCUT2D eigenvalue weighted by Crippen LogP contribution is 2.63. The fourth-order valence-corrected chi connectivity index (χ4v) is 5.33. The summed E-state index contributed by atoms with van der Waals surface area (Å²) in [4.78, 5) is 28.4. The number of hydrogen-bond acceptors (Lipinski definition) is 4. The third-order valence-corrected chi connectivity index (χ3v) is 7.50. The van der Waals surface area contributed by atoms with Crippen LogP contribution in [0.1, 0.15) is 21.7 Å². The predicted octanol–water partition coefficient (Wildman–Crippen LogP) is 4.02. The summed E-state index contributed by atoms with van der Waals surface area (Å²) in [7, 11) is -5.84. The van der Waals surface area contributed by atoms with Crippen molar-refractivity contribution in [1.29, 1.82) is 0 Å². The van der Waals surface area contributed by atoms with E-state index >= 15 is 0 Å². The smallest absolute Gasteiger partial charge is 0.400 e. The van der Waals surface area contributed by atoms with Crippen molar-refractivity contribution in [3.05, 3.63) is 27.0 Å². The Labute approximate surface area is 161 Å². The summed E-state index contributed by atoms with van der Waals surface area (Å²) in [5.74, 6) is -4.97. The lowest BCUT2D eigenvalue weighted by Crippen LogP contribution is -2.12. The number of ether oxygens (including phenoxy) is 1. The molecular formula is C14H11BrF4NO5PS. The summed E-state index contributed by atoms with van der Waals surface area (Å²) in [6, 6.07) is 2.27. The average Bonchev–Trinajstić information content (AvgIpc) is 2.99. The molecule has 1 atom stereocenters. The molecule has 27 heavy (non-hydrogen) atoms. The molecule has 1 aromatic carbocycles. The number of carbonyl (C=O) groups is 1. The molecule has 4 N–H and O–H groups in total. The van der Waals surface area contributed by atoms with Gasteiger partial charge in [-0.15, -0.1) is 11.3 Å². The molecule has 1 heterocycles. The maximum atomic E-state index is 14.2. The van der Waals surface area contributed by atoms with Gasteiger partial charge < -0.3 is 20.3 Å². The zero-order valence-electron chi connectivity index (χ0n) is 13.1. The molecular weight excluding hydrogens is 481 g/mol. The topological polar surface area (TPSA) is 110 Å². The van der Waals surface area contributed by atoms with E-state index in [9.17, 15) is 26.9 Å². The number of nitrogens with two attached hydrogens (primary N) is 1. The highest BCUT2D eigenvalue weighted by molar-refractivity contribution is 9.10. The van der Waals surface area contributed by atoms with Gasteiger partial charge in [-0.3, -0.25) is 9.36 Å². The highest BCUT2D eigenvalue weighted by Gasteiger charge is 2.57. The molecule has 6 nitrogen and oxygen atoms in total. The third-order valence-electron chi connectivity index (χ3n) is 4.01. The molecule has 1 saturated carbocycles. The molecule has 1 fully saturated rings. The number of primary amides is 1. The second-order valence-electron chi connectivity index (χ2n) is 6.02. The van der Waals surface area contributed by atoms with Crippen molar-refractivity contribution < 1.29 is 41.4 Å². The van der Waals surface area contributed by atoms with E-state index in [1.54, 1.807) is 0 Å². The van der Waals surface area contributed by atoms with E-state index in [1.165, 1.54) is 0 Å². The van der Waals surface area contributed by atoms with Crippen LogP contribution >= 0.6 is 34.9 Å². The Bertz CT molecular complexity index is 992. The van der Waals surface area contributed by atoms with Crippen LogP contribution in [0.25, 0.3) is 10.1 Å². The Balaban J connectivity index is 2.12. The van der Waals surface area contributed by atoms with Crippen LogP contribution in [0.4, 0.5) is 17.6 Å². The van der Waals surface area contributed by atoms with Crippen molar-refractivity contribution in [3.63, 3.8) is 0 Å². The van der Waals surface area contributed by atoms with Crippen LogP contribution in [0.3, 0.4) is 0 Å². The molecule has 0 bridgehead atoms. The Morgan fingerprint density at radius 1 is 1.44 bits per heavy atom. The lowest BCUT2D eigenvalue weighted by molar-refractivity contribution is 0.0595. The van der Waals surface area contributed by atoms with Gasteiger partial charge in [0.25, 0.3) is 5.92 Å². The Morgan fingerprint density at radius 2 is 2.04 bits per heavy atom. The summed E-state index contributed by atoms with van der Waals surface area (Å²) in [6.45, 7) is -0.413. The van der Waals surface area contributed by atoms with Gasteiger partial charge in [0, 0.05) is 21.8 Å². The first-order valence-electron chi connectivity index (χ1n) is 7.26. The minimum absolute atomic E-state index is 0.00279. The molecule has 1 amide bonds. The Kier molecular flexibility index (Phi) is 4.88.